The fraction of sp³-hybridized carbons (Fsp3) is 0.281. The van der Waals surface area contributed by atoms with Crippen LogP contribution in [0.5, 0.6) is 0 Å². The van der Waals surface area contributed by atoms with Crippen molar-refractivity contribution in [1.29, 1.82) is 0 Å². The molecule has 1 aromatic heterocycles. The van der Waals surface area contributed by atoms with Crippen molar-refractivity contribution in [3.8, 4) is 22.5 Å². The normalized spacial score (nSPS) is 12.7. The maximum atomic E-state index is 12.2. The molecule has 4 aromatic rings. The van der Waals surface area contributed by atoms with Gasteiger partial charge in [-0.05, 0) is 62.1 Å². The summed E-state index contributed by atoms with van der Waals surface area (Å²) in [6.45, 7) is 1.90. The van der Waals surface area contributed by atoms with E-state index in [-0.39, 0.29) is 5.91 Å². The molecule has 0 atom stereocenters. The van der Waals surface area contributed by atoms with E-state index >= 15 is 0 Å². The number of para-hydroxylation sites is 1. The number of amides is 1. The van der Waals surface area contributed by atoms with Crippen LogP contribution in [0.2, 0.25) is 10.0 Å². The summed E-state index contributed by atoms with van der Waals surface area (Å²) in [5.74, 6) is 1.05. The number of unbranched alkanes of at least 4 members (excludes halogenated alkanes) is 3. The third-order valence-electron chi connectivity index (χ3n) is 6.96. The molecule has 0 radical (unpaired) electrons. The molecule has 1 aliphatic rings. The predicted molar refractivity (Wildman–Crippen MR) is 162 cm³/mol. The molecule has 39 heavy (non-hydrogen) atoms. The number of halogens is 2. The molecule has 5 rings (SSSR count). The van der Waals surface area contributed by atoms with Gasteiger partial charge in [-0.1, -0.05) is 78.5 Å². The molecular weight excluding hydrogens is 527 g/mol. The van der Waals surface area contributed by atoms with Crippen LogP contribution in [0.4, 0.5) is 11.5 Å². The smallest absolute Gasteiger partial charge is 0.224 e. The van der Waals surface area contributed by atoms with Crippen molar-refractivity contribution in [2.24, 2.45) is 0 Å². The fourth-order valence-corrected chi connectivity index (χ4v) is 5.20. The van der Waals surface area contributed by atoms with Gasteiger partial charge < -0.3 is 10.2 Å². The number of benzene rings is 3. The zero-order valence-electron chi connectivity index (χ0n) is 21.9. The largest absolute Gasteiger partial charge is 0.355 e. The number of hydrogen-bond acceptors (Lipinski definition) is 4. The Kier molecular flexibility index (Phi) is 9.12. The quantitative estimate of drug-likeness (QED) is 0.198. The van der Waals surface area contributed by atoms with Gasteiger partial charge in [0.05, 0.1) is 17.1 Å². The lowest BCUT2D eigenvalue weighted by Gasteiger charge is -2.30. The Labute approximate surface area is 240 Å². The Morgan fingerprint density at radius 1 is 0.769 bits per heavy atom. The molecule has 1 aliphatic heterocycles. The van der Waals surface area contributed by atoms with Gasteiger partial charge in [0.1, 0.15) is 0 Å². The standard InChI is InChI=1S/C32H32Cl2N4O/c33-25-17-13-23(14-18-25)30-31(24-15-19-26(34)20-16-24)37-32-28(36-30)11-8-22-38(32)21-7-2-1-6-12-29(39)35-27-9-4-3-5-10-27/h3-5,9-10,13-20H,1-2,6-8,11-12,21-22H2,(H,35,39). The summed E-state index contributed by atoms with van der Waals surface area (Å²) >= 11 is 12.3. The average Bonchev–Trinajstić information content (AvgIpc) is 2.96. The minimum Gasteiger partial charge on any atom is -0.355 e. The predicted octanol–water partition coefficient (Wildman–Crippen LogP) is 8.46. The molecule has 1 N–H and O–H groups in total. The third-order valence-corrected chi connectivity index (χ3v) is 7.47. The molecule has 200 valence electrons. The Balaban J connectivity index is 1.24. The summed E-state index contributed by atoms with van der Waals surface area (Å²) in [4.78, 5) is 24.9. The molecule has 1 amide bonds. The maximum absolute atomic E-state index is 12.2. The van der Waals surface area contributed by atoms with E-state index in [2.05, 4.69) is 10.2 Å². The molecule has 0 fully saturated rings. The third kappa shape index (κ3) is 7.17. The number of nitrogens with one attached hydrogen (secondary N) is 1. The average molecular weight is 560 g/mol. The number of carbonyl (C=O) groups excluding carboxylic acids is 1. The molecule has 5 nitrogen and oxygen atoms in total. The number of anilines is 2. The van der Waals surface area contributed by atoms with Gasteiger partial charge in [0.25, 0.3) is 0 Å². The van der Waals surface area contributed by atoms with E-state index < -0.39 is 0 Å². The van der Waals surface area contributed by atoms with E-state index in [0.29, 0.717) is 16.5 Å². The number of aromatic nitrogens is 2. The van der Waals surface area contributed by atoms with Gasteiger partial charge in [-0.2, -0.15) is 0 Å². The van der Waals surface area contributed by atoms with Gasteiger partial charge in [0.15, 0.2) is 5.82 Å². The molecule has 2 heterocycles. The first-order chi connectivity index (χ1) is 19.1. The second-order valence-corrected chi connectivity index (χ2v) is 10.7. The summed E-state index contributed by atoms with van der Waals surface area (Å²) in [6.07, 6.45) is 6.56. The molecule has 0 bridgehead atoms. The van der Waals surface area contributed by atoms with Gasteiger partial charge in [-0.25, -0.2) is 9.97 Å². The summed E-state index contributed by atoms with van der Waals surface area (Å²) in [6, 6.07) is 25.2. The number of rotatable bonds is 10. The highest BCUT2D eigenvalue weighted by Gasteiger charge is 2.23. The van der Waals surface area contributed by atoms with Crippen molar-refractivity contribution >= 4 is 40.6 Å². The van der Waals surface area contributed by atoms with E-state index in [1.54, 1.807) is 0 Å². The van der Waals surface area contributed by atoms with Crippen LogP contribution in [0.15, 0.2) is 78.9 Å². The molecule has 7 heteroatoms. The highest BCUT2D eigenvalue weighted by Crippen LogP contribution is 2.35. The van der Waals surface area contributed by atoms with Crippen molar-refractivity contribution in [2.45, 2.75) is 44.9 Å². The van der Waals surface area contributed by atoms with Crippen LogP contribution in [-0.2, 0) is 11.2 Å². The number of aryl methyl sites for hydroxylation is 1. The first-order valence-corrected chi connectivity index (χ1v) is 14.3. The van der Waals surface area contributed by atoms with Crippen LogP contribution in [0.25, 0.3) is 22.5 Å². The lowest BCUT2D eigenvalue weighted by molar-refractivity contribution is -0.116. The van der Waals surface area contributed by atoms with Crippen molar-refractivity contribution in [3.05, 3.63) is 94.6 Å². The molecule has 0 saturated heterocycles. The van der Waals surface area contributed by atoms with Crippen LogP contribution in [0.1, 0.15) is 44.2 Å². The molecule has 0 spiro atoms. The van der Waals surface area contributed by atoms with Gasteiger partial charge in [0, 0.05) is 46.4 Å². The van der Waals surface area contributed by atoms with Gasteiger partial charge >= 0.3 is 0 Å². The van der Waals surface area contributed by atoms with Crippen LogP contribution in [0, 0.1) is 0 Å². The second kappa shape index (κ2) is 13.1. The number of carbonyl (C=O) groups is 1. The lowest BCUT2D eigenvalue weighted by Crippen LogP contribution is -2.32. The minimum atomic E-state index is 0.0765. The van der Waals surface area contributed by atoms with Crippen LogP contribution in [0.3, 0.4) is 0 Å². The molecule has 0 unspecified atom stereocenters. The summed E-state index contributed by atoms with van der Waals surface area (Å²) < 4.78 is 0. The van der Waals surface area contributed by atoms with Gasteiger partial charge in [-0.15, -0.1) is 0 Å². The van der Waals surface area contributed by atoms with E-state index in [4.69, 9.17) is 33.2 Å². The fourth-order valence-electron chi connectivity index (χ4n) is 4.95. The zero-order chi connectivity index (χ0) is 27.0. The number of nitrogens with zero attached hydrogens (tertiary/aromatic N) is 3. The topological polar surface area (TPSA) is 58.1 Å². The Hall–Kier alpha value is -3.41. The van der Waals surface area contributed by atoms with E-state index in [1.807, 2.05) is 78.9 Å². The molecular formula is C32H32Cl2N4O. The molecule has 0 saturated carbocycles. The number of fused-ring (bicyclic) bond motifs is 1. The molecule has 3 aromatic carbocycles. The van der Waals surface area contributed by atoms with E-state index in [1.165, 1.54) is 0 Å². The monoisotopic (exact) mass is 558 g/mol. The van der Waals surface area contributed by atoms with Crippen LogP contribution < -0.4 is 10.2 Å². The minimum absolute atomic E-state index is 0.0765. The van der Waals surface area contributed by atoms with Crippen molar-refractivity contribution < 1.29 is 4.79 Å². The van der Waals surface area contributed by atoms with Gasteiger partial charge in [-0.3, -0.25) is 4.79 Å². The van der Waals surface area contributed by atoms with Crippen LogP contribution in [-0.4, -0.2) is 29.0 Å². The first kappa shape index (κ1) is 27.2. The van der Waals surface area contributed by atoms with E-state index in [0.717, 1.165) is 91.3 Å². The summed E-state index contributed by atoms with van der Waals surface area (Å²) in [5.41, 5.74) is 5.59. The molecule has 0 aliphatic carbocycles. The Morgan fingerprint density at radius 3 is 2.05 bits per heavy atom. The van der Waals surface area contributed by atoms with Crippen molar-refractivity contribution in [3.63, 3.8) is 0 Å². The summed E-state index contributed by atoms with van der Waals surface area (Å²) in [7, 11) is 0. The van der Waals surface area contributed by atoms with Crippen LogP contribution >= 0.6 is 23.2 Å². The van der Waals surface area contributed by atoms with Crippen molar-refractivity contribution in [1.82, 2.24) is 9.97 Å². The summed E-state index contributed by atoms with van der Waals surface area (Å²) in [5, 5.41) is 4.35. The maximum Gasteiger partial charge on any atom is 0.224 e. The Morgan fingerprint density at radius 2 is 1.38 bits per heavy atom. The number of hydrogen-bond donors (Lipinski definition) is 1. The van der Waals surface area contributed by atoms with Crippen molar-refractivity contribution in [2.75, 3.05) is 23.3 Å². The SMILES string of the molecule is O=C(CCCCCCN1CCCc2nc(-c3ccc(Cl)cc3)c(-c3ccc(Cl)cc3)nc21)Nc1ccccc1. The van der Waals surface area contributed by atoms with E-state index in [9.17, 15) is 4.79 Å². The highest BCUT2D eigenvalue weighted by atomic mass is 35.5. The zero-order valence-corrected chi connectivity index (χ0v) is 23.4. The second-order valence-electron chi connectivity index (χ2n) is 9.87. The lowest BCUT2D eigenvalue weighted by atomic mass is 10.0. The first-order valence-electron chi connectivity index (χ1n) is 13.6. The highest BCUT2D eigenvalue weighted by molar-refractivity contribution is 6.31. The Bertz CT molecular complexity index is 1390. The van der Waals surface area contributed by atoms with Gasteiger partial charge in [0.2, 0.25) is 5.91 Å².